The van der Waals surface area contributed by atoms with Crippen molar-refractivity contribution in [3.8, 4) is 5.75 Å². The van der Waals surface area contributed by atoms with Gasteiger partial charge in [0.25, 0.3) is 5.91 Å². The topological polar surface area (TPSA) is 58.6 Å². The van der Waals surface area contributed by atoms with Gasteiger partial charge >= 0.3 is 6.18 Å². The molecule has 1 atom stereocenters. The molecule has 2 aromatic carbocycles. The number of nitrogens with one attached hydrogen (secondary N) is 1. The standard InChI is InChI=1S/C17H15ClF3NO3/c1-25-15-7-6-10(18)8-12(15)16(24)22-9-14(23)11-4-2-3-5-13(11)17(19,20)21/h2-8,14,23H,9H2,1H3,(H,22,24). The van der Waals surface area contributed by atoms with Crippen molar-refractivity contribution in [3.63, 3.8) is 0 Å². The fraction of sp³-hybridized carbons (Fsp3) is 0.235. The van der Waals surface area contributed by atoms with Crippen LogP contribution in [0.15, 0.2) is 42.5 Å². The van der Waals surface area contributed by atoms with Gasteiger partial charge in [0.15, 0.2) is 0 Å². The number of aliphatic hydroxyl groups is 1. The Hall–Kier alpha value is -2.25. The molecule has 2 rings (SSSR count). The second-order valence-corrected chi connectivity index (χ2v) is 5.59. The molecule has 0 spiro atoms. The maximum absolute atomic E-state index is 13.0. The largest absolute Gasteiger partial charge is 0.496 e. The lowest BCUT2D eigenvalue weighted by Crippen LogP contribution is -2.29. The number of alkyl halides is 3. The van der Waals surface area contributed by atoms with Crippen LogP contribution in [-0.2, 0) is 6.18 Å². The molecule has 8 heteroatoms. The number of ether oxygens (including phenoxy) is 1. The van der Waals surface area contributed by atoms with Gasteiger partial charge in [0.1, 0.15) is 5.75 Å². The first-order valence-electron chi connectivity index (χ1n) is 7.20. The highest BCUT2D eigenvalue weighted by atomic mass is 35.5. The van der Waals surface area contributed by atoms with Crippen molar-refractivity contribution in [2.24, 2.45) is 0 Å². The van der Waals surface area contributed by atoms with Gasteiger partial charge in [-0.25, -0.2) is 0 Å². The predicted molar refractivity (Wildman–Crippen MR) is 86.7 cm³/mol. The molecule has 0 aliphatic heterocycles. The number of carbonyl (C=O) groups is 1. The number of methoxy groups -OCH3 is 1. The summed E-state index contributed by atoms with van der Waals surface area (Å²) in [6, 6.07) is 9.05. The zero-order valence-corrected chi connectivity index (χ0v) is 13.9. The third kappa shape index (κ3) is 4.64. The molecule has 0 aliphatic rings. The molecule has 1 unspecified atom stereocenters. The van der Waals surface area contributed by atoms with E-state index in [4.69, 9.17) is 16.3 Å². The Balaban J connectivity index is 2.15. The van der Waals surface area contributed by atoms with Crippen molar-refractivity contribution in [2.75, 3.05) is 13.7 Å². The number of amides is 1. The third-order valence-electron chi connectivity index (χ3n) is 3.49. The lowest BCUT2D eigenvalue weighted by Gasteiger charge is -2.18. The van der Waals surface area contributed by atoms with E-state index in [0.717, 1.165) is 6.07 Å². The van der Waals surface area contributed by atoms with E-state index in [1.165, 1.54) is 43.5 Å². The number of benzene rings is 2. The summed E-state index contributed by atoms with van der Waals surface area (Å²) in [5.41, 5.74) is -1.14. The van der Waals surface area contributed by atoms with Crippen molar-refractivity contribution in [2.45, 2.75) is 12.3 Å². The third-order valence-corrected chi connectivity index (χ3v) is 3.72. The minimum Gasteiger partial charge on any atom is -0.496 e. The van der Waals surface area contributed by atoms with Crippen LogP contribution in [0, 0.1) is 0 Å². The molecule has 0 aliphatic carbocycles. The van der Waals surface area contributed by atoms with Gasteiger partial charge in [-0.1, -0.05) is 29.8 Å². The van der Waals surface area contributed by atoms with E-state index in [1.807, 2.05) is 0 Å². The van der Waals surface area contributed by atoms with Crippen LogP contribution >= 0.6 is 11.6 Å². The minimum absolute atomic E-state index is 0.117. The summed E-state index contributed by atoms with van der Waals surface area (Å²) in [4.78, 5) is 12.2. The molecule has 0 bridgehead atoms. The molecule has 0 fully saturated rings. The molecule has 0 radical (unpaired) electrons. The van der Waals surface area contributed by atoms with Gasteiger partial charge in [-0.2, -0.15) is 13.2 Å². The van der Waals surface area contributed by atoms with Gasteiger partial charge in [-0.05, 0) is 29.8 Å². The van der Waals surface area contributed by atoms with Crippen LogP contribution in [0.3, 0.4) is 0 Å². The highest BCUT2D eigenvalue weighted by Crippen LogP contribution is 2.34. The first kappa shape index (κ1) is 19.1. The number of hydrogen-bond donors (Lipinski definition) is 2. The normalized spacial score (nSPS) is 12.6. The Bertz CT molecular complexity index is 765. The number of hydrogen-bond acceptors (Lipinski definition) is 3. The minimum atomic E-state index is -4.60. The number of carbonyl (C=O) groups excluding carboxylic acids is 1. The van der Waals surface area contributed by atoms with Crippen molar-refractivity contribution in [1.82, 2.24) is 5.32 Å². The lowest BCUT2D eigenvalue weighted by molar-refractivity contribution is -0.139. The molecule has 25 heavy (non-hydrogen) atoms. The van der Waals surface area contributed by atoms with Crippen LogP contribution in [-0.4, -0.2) is 24.7 Å². The van der Waals surface area contributed by atoms with Gasteiger partial charge in [0.2, 0.25) is 0 Å². The zero-order chi connectivity index (χ0) is 18.6. The SMILES string of the molecule is COc1ccc(Cl)cc1C(=O)NCC(O)c1ccccc1C(F)(F)F. The smallest absolute Gasteiger partial charge is 0.416 e. The van der Waals surface area contributed by atoms with Crippen molar-refractivity contribution < 1.29 is 27.8 Å². The summed E-state index contributed by atoms with van der Waals surface area (Å²) in [5, 5.41) is 12.8. The number of halogens is 4. The molecule has 1 amide bonds. The fourth-order valence-corrected chi connectivity index (χ4v) is 2.47. The highest BCUT2D eigenvalue weighted by Gasteiger charge is 2.34. The molecule has 2 N–H and O–H groups in total. The Labute approximate surface area is 147 Å². The van der Waals surface area contributed by atoms with E-state index >= 15 is 0 Å². The molecule has 0 saturated carbocycles. The number of aliphatic hydroxyl groups excluding tert-OH is 1. The van der Waals surface area contributed by atoms with E-state index in [0.29, 0.717) is 5.02 Å². The quantitative estimate of drug-likeness (QED) is 0.837. The summed E-state index contributed by atoms with van der Waals surface area (Å²) in [7, 11) is 1.37. The molecule has 0 heterocycles. The van der Waals surface area contributed by atoms with E-state index in [-0.39, 0.29) is 16.9 Å². The lowest BCUT2D eigenvalue weighted by atomic mass is 10.0. The van der Waals surface area contributed by atoms with Crippen LogP contribution in [0.1, 0.15) is 27.6 Å². The Morgan fingerprint density at radius 1 is 1.28 bits per heavy atom. The summed E-state index contributed by atoms with van der Waals surface area (Å²) >= 11 is 5.84. The van der Waals surface area contributed by atoms with Gasteiger partial charge in [0.05, 0.1) is 24.3 Å². The molecule has 4 nitrogen and oxygen atoms in total. The summed E-state index contributed by atoms with van der Waals surface area (Å²) in [6.45, 7) is -0.401. The van der Waals surface area contributed by atoms with Crippen LogP contribution in [0.25, 0.3) is 0 Å². The van der Waals surface area contributed by atoms with Crippen LogP contribution in [0.5, 0.6) is 5.75 Å². The van der Waals surface area contributed by atoms with E-state index in [1.54, 1.807) is 0 Å². The fourth-order valence-electron chi connectivity index (χ4n) is 2.30. The van der Waals surface area contributed by atoms with E-state index < -0.39 is 30.3 Å². The molecular weight excluding hydrogens is 359 g/mol. The zero-order valence-electron chi connectivity index (χ0n) is 13.1. The maximum atomic E-state index is 13.0. The van der Waals surface area contributed by atoms with E-state index in [2.05, 4.69) is 5.32 Å². The van der Waals surface area contributed by atoms with Crippen molar-refractivity contribution in [3.05, 3.63) is 64.2 Å². The Morgan fingerprint density at radius 2 is 1.96 bits per heavy atom. The summed E-state index contributed by atoms with van der Waals surface area (Å²) in [5.74, 6) is -0.366. The summed E-state index contributed by atoms with van der Waals surface area (Å²) < 4.78 is 44.0. The van der Waals surface area contributed by atoms with Gasteiger partial charge in [-0.3, -0.25) is 4.79 Å². The second-order valence-electron chi connectivity index (χ2n) is 5.16. The average molecular weight is 374 g/mol. The molecule has 0 aromatic heterocycles. The van der Waals surface area contributed by atoms with Gasteiger partial charge in [0, 0.05) is 11.6 Å². The second kappa shape index (κ2) is 7.76. The monoisotopic (exact) mass is 373 g/mol. The van der Waals surface area contributed by atoms with Gasteiger partial charge in [-0.15, -0.1) is 0 Å². The van der Waals surface area contributed by atoms with E-state index in [9.17, 15) is 23.1 Å². The Kier molecular flexibility index (Phi) is 5.92. The van der Waals surface area contributed by atoms with Crippen molar-refractivity contribution >= 4 is 17.5 Å². The maximum Gasteiger partial charge on any atom is 0.416 e. The van der Waals surface area contributed by atoms with Crippen LogP contribution < -0.4 is 10.1 Å². The highest BCUT2D eigenvalue weighted by molar-refractivity contribution is 6.31. The molecule has 2 aromatic rings. The predicted octanol–water partition coefficient (Wildman–Crippen LogP) is 3.83. The molecular formula is C17H15ClF3NO3. The number of rotatable bonds is 5. The molecule has 0 saturated heterocycles. The first-order valence-corrected chi connectivity index (χ1v) is 7.57. The molecule has 134 valence electrons. The van der Waals surface area contributed by atoms with Crippen LogP contribution in [0.2, 0.25) is 5.02 Å². The Morgan fingerprint density at radius 3 is 2.60 bits per heavy atom. The van der Waals surface area contributed by atoms with Crippen LogP contribution in [0.4, 0.5) is 13.2 Å². The summed E-state index contributed by atoms with van der Waals surface area (Å²) in [6.07, 6.45) is -6.12. The van der Waals surface area contributed by atoms with Gasteiger partial charge < -0.3 is 15.2 Å². The van der Waals surface area contributed by atoms with Crippen molar-refractivity contribution in [1.29, 1.82) is 0 Å². The first-order chi connectivity index (χ1) is 11.7. The average Bonchev–Trinajstić information content (AvgIpc) is 2.58.